The van der Waals surface area contributed by atoms with Gasteiger partial charge in [0, 0.05) is 44.6 Å². The maximum Gasteiger partial charge on any atom is 0.224 e. The van der Waals surface area contributed by atoms with Crippen LogP contribution in [0, 0.1) is 0 Å². The maximum absolute atomic E-state index is 12.5. The molecule has 22 heavy (non-hydrogen) atoms. The van der Waals surface area contributed by atoms with Crippen LogP contribution >= 0.6 is 0 Å². The summed E-state index contributed by atoms with van der Waals surface area (Å²) in [6, 6.07) is 0.397. The zero-order valence-electron chi connectivity index (χ0n) is 12.9. The number of carbonyl (C=O) groups excluding carboxylic acids is 1. The number of likely N-dealkylation sites (tertiary alicyclic amines) is 1. The van der Waals surface area contributed by atoms with Gasteiger partial charge in [-0.2, -0.15) is 0 Å². The van der Waals surface area contributed by atoms with Crippen molar-refractivity contribution in [2.75, 3.05) is 27.2 Å². The van der Waals surface area contributed by atoms with Crippen molar-refractivity contribution >= 4 is 5.91 Å². The molecule has 1 amide bonds. The molecular formula is C14H21N7O. The van der Waals surface area contributed by atoms with Crippen molar-refractivity contribution in [2.45, 2.75) is 25.0 Å². The molecule has 0 unspecified atom stereocenters. The van der Waals surface area contributed by atoms with Gasteiger partial charge in [-0.15, -0.1) is 5.10 Å². The second-order valence-corrected chi connectivity index (χ2v) is 5.83. The Bertz CT molecular complexity index is 593. The number of nitrogens with zero attached hydrogens (tertiary/aromatic N) is 7. The van der Waals surface area contributed by atoms with Gasteiger partial charge in [-0.1, -0.05) is 5.21 Å². The Kier molecular flexibility index (Phi) is 4.19. The predicted molar refractivity (Wildman–Crippen MR) is 80.0 cm³/mol. The predicted octanol–water partition coefficient (Wildman–Crippen LogP) is -0.122. The van der Waals surface area contributed by atoms with Crippen LogP contribution in [-0.2, 0) is 11.3 Å². The van der Waals surface area contributed by atoms with E-state index >= 15 is 0 Å². The number of carbonyl (C=O) groups is 1. The van der Waals surface area contributed by atoms with Gasteiger partial charge in [0.1, 0.15) is 0 Å². The molecule has 3 heterocycles. The van der Waals surface area contributed by atoms with E-state index in [1.165, 1.54) is 0 Å². The molecule has 0 saturated carbocycles. The lowest BCUT2D eigenvalue weighted by molar-refractivity contribution is -0.130. The standard InChI is InChI=1S/C14H21N7O/c1-18(2)12-9-20(10-13(12)21-8-5-16-17-21)14(22)3-6-19-7-4-15-11-19/h4-5,7-8,11-13H,3,6,9-10H2,1-2H3/t12-,13+/m1/s1. The summed E-state index contributed by atoms with van der Waals surface area (Å²) in [4.78, 5) is 20.5. The molecule has 0 bridgehead atoms. The topological polar surface area (TPSA) is 72.1 Å². The van der Waals surface area contributed by atoms with E-state index in [4.69, 9.17) is 0 Å². The highest BCUT2D eigenvalue weighted by atomic mass is 16.2. The fourth-order valence-electron chi connectivity index (χ4n) is 2.94. The smallest absolute Gasteiger partial charge is 0.224 e. The first-order valence-electron chi connectivity index (χ1n) is 7.41. The third kappa shape index (κ3) is 3.01. The minimum Gasteiger partial charge on any atom is -0.339 e. The Balaban J connectivity index is 1.64. The van der Waals surface area contributed by atoms with Crippen molar-refractivity contribution in [1.82, 2.24) is 34.3 Å². The van der Waals surface area contributed by atoms with Crippen molar-refractivity contribution in [3.05, 3.63) is 31.1 Å². The van der Waals surface area contributed by atoms with Crippen LogP contribution in [0.1, 0.15) is 12.5 Å². The summed E-state index contributed by atoms with van der Waals surface area (Å²) in [6.45, 7) is 2.06. The normalized spacial score (nSPS) is 21.7. The number of amides is 1. The Morgan fingerprint density at radius 1 is 1.27 bits per heavy atom. The quantitative estimate of drug-likeness (QED) is 0.770. The second-order valence-electron chi connectivity index (χ2n) is 5.83. The molecule has 0 aliphatic carbocycles. The number of hydrogen-bond donors (Lipinski definition) is 0. The summed E-state index contributed by atoms with van der Waals surface area (Å²) < 4.78 is 3.78. The van der Waals surface area contributed by atoms with Gasteiger partial charge in [0.25, 0.3) is 0 Å². The Labute approximate surface area is 129 Å². The summed E-state index contributed by atoms with van der Waals surface area (Å²) in [6.07, 6.45) is 9.36. The van der Waals surface area contributed by atoms with Gasteiger partial charge in [0.15, 0.2) is 0 Å². The number of aromatic nitrogens is 5. The molecule has 1 fully saturated rings. The van der Waals surface area contributed by atoms with E-state index < -0.39 is 0 Å². The summed E-state index contributed by atoms with van der Waals surface area (Å²) in [5.74, 6) is 0.170. The Morgan fingerprint density at radius 3 is 2.77 bits per heavy atom. The third-order valence-electron chi connectivity index (χ3n) is 4.20. The highest BCUT2D eigenvalue weighted by Gasteiger charge is 2.37. The monoisotopic (exact) mass is 303 g/mol. The summed E-state index contributed by atoms with van der Waals surface area (Å²) in [5, 5.41) is 7.98. The van der Waals surface area contributed by atoms with Crippen LogP contribution in [0.4, 0.5) is 0 Å². The molecule has 0 radical (unpaired) electrons. The van der Waals surface area contributed by atoms with Crippen molar-refractivity contribution < 1.29 is 4.79 Å². The molecule has 3 rings (SSSR count). The van der Waals surface area contributed by atoms with Gasteiger partial charge in [-0.25, -0.2) is 9.67 Å². The molecule has 2 aromatic heterocycles. The van der Waals surface area contributed by atoms with Gasteiger partial charge in [-0.3, -0.25) is 4.79 Å². The second kappa shape index (κ2) is 6.27. The lowest BCUT2D eigenvalue weighted by atomic mass is 10.1. The van der Waals surface area contributed by atoms with Crippen molar-refractivity contribution in [3.63, 3.8) is 0 Å². The van der Waals surface area contributed by atoms with Crippen LogP contribution in [-0.4, -0.2) is 73.5 Å². The van der Waals surface area contributed by atoms with Gasteiger partial charge in [0.2, 0.25) is 5.91 Å². The average Bonchev–Trinajstić information content (AvgIpc) is 3.23. The minimum atomic E-state index is 0.148. The van der Waals surface area contributed by atoms with Gasteiger partial charge >= 0.3 is 0 Å². The van der Waals surface area contributed by atoms with E-state index in [2.05, 4.69) is 20.2 Å². The number of aryl methyl sites for hydroxylation is 1. The first-order chi connectivity index (χ1) is 10.6. The highest BCUT2D eigenvalue weighted by molar-refractivity contribution is 5.76. The minimum absolute atomic E-state index is 0.148. The molecule has 0 N–H and O–H groups in total. The van der Waals surface area contributed by atoms with E-state index in [9.17, 15) is 4.79 Å². The molecule has 0 spiro atoms. The van der Waals surface area contributed by atoms with Crippen molar-refractivity contribution in [1.29, 1.82) is 0 Å². The van der Waals surface area contributed by atoms with Crippen LogP contribution in [0.5, 0.6) is 0 Å². The van der Waals surface area contributed by atoms with Gasteiger partial charge < -0.3 is 14.4 Å². The summed E-state index contributed by atoms with van der Waals surface area (Å²) in [5.41, 5.74) is 0. The van der Waals surface area contributed by atoms with Crippen molar-refractivity contribution in [3.8, 4) is 0 Å². The summed E-state index contributed by atoms with van der Waals surface area (Å²) in [7, 11) is 4.07. The van der Waals surface area contributed by atoms with Gasteiger partial charge in [0.05, 0.1) is 24.6 Å². The number of hydrogen-bond acceptors (Lipinski definition) is 5. The molecular weight excluding hydrogens is 282 g/mol. The fourth-order valence-corrected chi connectivity index (χ4v) is 2.94. The Hall–Kier alpha value is -2.22. The van der Waals surface area contributed by atoms with E-state index in [1.807, 2.05) is 40.6 Å². The number of rotatable bonds is 5. The highest BCUT2D eigenvalue weighted by Crippen LogP contribution is 2.25. The fraction of sp³-hybridized carbons (Fsp3) is 0.571. The SMILES string of the molecule is CN(C)[C@@H]1CN(C(=O)CCn2ccnc2)C[C@@H]1n1ccnn1. The van der Waals surface area contributed by atoms with E-state index in [0.717, 1.165) is 6.54 Å². The summed E-state index contributed by atoms with van der Waals surface area (Å²) >= 11 is 0. The first-order valence-corrected chi connectivity index (χ1v) is 7.41. The largest absolute Gasteiger partial charge is 0.339 e. The average molecular weight is 303 g/mol. The van der Waals surface area contributed by atoms with E-state index in [-0.39, 0.29) is 18.0 Å². The molecule has 0 aromatic carbocycles. The van der Waals surface area contributed by atoms with Crippen LogP contribution in [0.25, 0.3) is 0 Å². The lowest BCUT2D eigenvalue weighted by Gasteiger charge is -2.24. The maximum atomic E-state index is 12.5. The Morgan fingerprint density at radius 2 is 2.14 bits per heavy atom. The molecule has 2 atom stereocenters. The molecule has 8 nitrogen and oxygen atoms in total. The first kappa shape index (κ1) is 14.7. The zero-order valence-corrected chi connectivity index (χ0v) is 12.9. The molecule has 1 aliphatic rings. The van der Waals surface area contributed by atoms with Crippen LogP contribution in [0.3, 0.4) is 0 Å². The molecule has 1 aliphatic heterocycles. The number of likely N-dealkylation sites (N-methyl/N-ethyl adjacent to an activating group) is 1. The van der Waals surface area contributed by atoms with Crippen LogP contribution in [0.15, 0.2) is 31.1 Å². The van der Waals surface area contributed by atoms with Gasteiger partial charge in [-0.05, 0) is 14.1 Å². The number of imidazole rings is 1. The zero-order chi connectivity index (χ0) is 15.5. The van der Waals surface area contributed by atoms with Crippen molar-refractivity contribution in [2.24, 2.45) is 0 Å². The van der Waals surface area contributed by atoms with E-state index in [0.29, 0.717) is 19.5 Å². The van der Waals surface area contributed by atoms with Crippen LogP contribution in [0.2, 0.25) is 0 Å². The van der Waals surface area contributed by atoms with Crippen LogP contribution < -0.4 is 0 Å². The molecule has 118 valence electrons. The molecule has 2 aromatic rings. The third-order valence-corrected chi connectivity index (χ3v) is 4.20. The molecule has 1 saturated heterocycles. The van der Waals surface area contributed by atoms with E-state index in [1.54, 1.807) is 18.7 Å². The lowest BCUT2D eigenvalue weighted by Crippen LogP contribution is -2.37. The molecule has 8 heteroatoms.